The first-order valence-corrected chi connectivity index (χ1v) is 13.6. The van der Waals surface area contributed by atoms with E-state index in [2.05, 4.69) is 89.1 Å². The summed E-state index contributed by atoms with van der Waals surface area (Å²) in [6.07, 6.45) is 2.35. The van der Waals surface area contributed by atoms with E-state index in [1.807, 2.05) is 0 Å². The fraction of sp³-hybridized carbons (Fsp3) is 0.500. The third-order valence-electron chi connectivity index (χ3n) is 5.32. The van der Waals surface area contributed by atoms with Gasteiger partial charge in [-0.15, -0.1) is 12.4 Å². The lowest BCUT2D eigenvalue weighted by molar-refractivity contribution is 0.0637. The molecule has 2 nitrogen and oxygen atoms in total. The quantitative estimate of drug-likeness (QED) is 0.585. The Labute approximate surface area is 178 Å². The molecule has 1 N–H and O–H groups in total. The zero-order chi connectivity index (χ0) is 19.8. The fourth-order valence-corrected chi connectivity index (χ4v) is 5.99. The Morgan fingerprint density at radius 3 is 1.57 bits per heavy atom. The van der Waals surface area contributed by atoms with Crippen molar-refractivity contribution < 1.29 is 4.43 Å². The zero-order valence-corrected chi connectivity index (χ0v) is 20.3. The molecule has 1 aliphatic heterocycles. The average molecular weight is 418 g/mol. The Morgan fingerprint density at radius 2 is 1.25 bits per heavy atom. The van der Waals surface area contributed by atoms with Crippen LogP contribution in [-0.2, 0) is 10.0 Å². The van der Waals surface area contributed by atoms with Crippen LogP contribution in [0.5, 0.6) is 0 Å². The summed E-state index contributed by atoms with van der Waals surface area (Å²) in [7, 11) is -1.84. The molecule has 0 aliphatic carbocycles. The molecule has 0 saturated carbocycles. The molecule has 2 aromatic carbocycles. The van der Waals surface area contributed by atoms with Crippen LogP contribution in [0.4, 0.5) is 0 Å². The summed E-state index contributed by atoms with van der Waals surface area (Å²) in [5, 5.41) is 3.79. The van der Waals surface area contributed by atoms with Gasteiger partial charge in [-0.2, -0.15) is 0 Å². The van der Waals surface area contributed by atoms with Gasteiger partial charge in [0.05, 0.1) is 0 Å². The van der Waals surface area contributed by atoms with E-state index >= 15 is 0 Å². The highest BCUT2D eigenvalue weighted by atomic mass is 35.5. The van der Waals surface area contributed by atoms with Crippen molar-refractivity contribution >= 4 is 20.7 Å². The van der Waals surface area contributed by atoms with Gasteiger partial charge < -0.3 is 9.74 Å². The first-order chi connectivity index (χ1) is 12.6. The average Bonchev–Trinajstić information content (AvgIpc) is 3.04. The van der Waals surface area contributed by atoms with Crippen molar-refractivity contribution in [3.05, 3.63) is 69.8 Å². The molecule has 28 heavy (non-hydrogen) atoms. The second-order valence-electron chi connectivity index (χ2n) is 9.35. The molecule has 0 radical (unpaired) electrons. The van der Waals surface area contributed by atoms with Crippen LogP contribution in [0.2, 0.25) is 19.6 Å². The highest BCUT2D eigenvalue weighted by Crippen LogP contribution is 2.43. The number of hydrogen-bond donors (Lipinski definition) is 1. The number of benzene rings is 2. The predicted octanol–water partition coefficient (Wildman–Crippen LogP) is 6.19. The van der Waals surface area contributed by atoms with E-state index in [4.69, 9.17) is 4.43 Å². The lowest BCUT2D eigenvalue weighted by Gasteiger charge is -2.45. The van der Waals surface area contributed by atoms with Gasteiger partial charge in [-0.1, -0.05) is 58.7 Å². The highest BCUT2D eigenvalue weighted by molar-refractivity contribution is 6.69. The van der Waals surface area contributed by atoms with Gasteiger partial charge >= 0.3 is 0 Å². The normalized spacial score (nSPS) is 17.5. The molecule has 2 aromatic rings. The minimum atomic E-state index is -1.84. The SMILES string of the molecule is Cc1cc(C)cc(C(O[Si](C)(C)C)(c2cc(C)cc(C)c2)C2CCCN2)c1.Cl. The third kappa shape index (κ3) is 4.88. The smallest absolute Gasteiger partial charge is 0.185 e. The zero-order valence-electron chi connectivity index (χ0n) is 18.5. The highest BCUT2D eigenvalue weighted by Gasteiger charge is 2.47. The summed E-state index contributed by atoms with van der Waals surface area (Å²) in [5.41, 5.74) is 7.37. The predicted molar refractivity (Wildman–Crippen MR) is 125 cm³/mol. The van der Waals surface area contributed by atoms with E-state index < -0.39 is 13.9 Å². The van der Waals surface area contributed by atoms with Crippen molar-refractivity contribution in [3.63, 3.8) is 0 Å². The molecule has 0 bridgehead atoms. The first kappa shape index (κ1) is 23.1. The van der Waals surface area contributed by atoms with Gasteiger partial charge in [0, 0.05) is 6.04 Å². The summed E-state index contributed by atoms with van der Waals surface area (Å²) in [6.45, 7) is 16.8. The molecular weight excluding hydrogens is 382 g/mol. The second-order valence-corrected chi connectivity index (χ2v) is 13.8. The van der Waals surface area contributed by atoms with Gasteiger partial charge in [-0.3, -0.25) is 0 Å². The maximum Gasteiger partial charge on any atom is 0.185 e. The molecule has 4 heteroatoms. The van der Waals surface area contributed by atoms with E-state index in [0.717, 1.165) is 13.0 Å². The van der Waals surface area contributed by atoms with E-state index in [-0.39, 0.29) is 12.4 Å². The maximum atomic E-state index is 7.18. The van der Waals surface area contributed by atoms with E-state index in [0.29, 0.717) is 6.04 Å². The summed E-state index contributed by atoms with van der Waals surface area (Å²) in [5.74, 6) is 0. The van der Waals surface area contributed by atoms with Crippen LogP contribution in [0.3, 0.4) is 0 Å². The molecule has 1 unspecified atom stereocenters. The standard InChI is InChI=1S/C24H35NOSi.ClH/c1-17-11-18(2)14-21(13-17)24(26-27(5,6)7,23-9-8-10-25-23)22-15-19(3)12-20(4)16-22;/h11-16,23,25H,8-10H2,1-7H3;1H. The number of aryl methyl sites for hydroxylation is 4. The molecule has 0 spiro atoms. The lowest BCUT2D eigenvalue weighted by Crippen LogP contribution is -2.53. The monoisotopic (exact) mass is 417 g/mol. The molecule has 0 amide bonds. The van der Waals surface area contributed by atoms with E-state index in [1.54, 1.807) is 0 Å². The van der Waals surface area contributed by atoms with E-state index in [9.17, 15) is 0 Å². The molecule has 1 saturated heterocycles. The third-order valence-corrected chi connectivity index (χ3v) is 6.25. The number of halogens is 1. The molecule has 1 heterocycles. The van der Waals surface area contributed by atoms with E-state index in [1.165, 1.54) is 39.8 Å². The van der Waals surface area contributed by atoms with Crippen molar-refractivity contribution in [2.45, 2.75) is 71.8 Å². The Kier molecular flexibility index (Phi) is 7.20. The number of nitrogens with one attached hydrogen (secondary N) is 1. The van der Waals surface area contributed by atoms with Crippen molar-refractivity contribution in [1.29, 1.82) is 0 Å². The Bertz CT molecular complexity index is 730. The van der Waals surface area contributed by atoms with Gasteiger partial charge in [0.1, 0.15) is 5.60 Å². The number of hydrogen-bond acceptors (Lipinski definition) is 2. The van der Waals surface area contributed by atoms with Gasteiger partial charge in [-0.05, 0) is 77.8 Å². The Morgan fingerprint density at radius 1 is 0.821 bits per heavy atom. The Hall–Kier alpha value is -1.13. The van der Waals surface area contributed by atoms with Crippen LogP contribution in [0.15, 0.2) is 36.4 Å². The molecule has 1 aliphatic rings. The molecule has 154 valence electrons. The van der Waals surface area contributed by atoms with Crippen molar-refractivity contribution in [2.24, 2.45) is 0 Å². The first-order valence-electron chi connectivity index (χ1n) is 10.2. The number of rotatable bonds is 5. The molecule has 0 aromatic heterocycles. The van der Waals surface area contributed by atoms with Crippen LogP contribution < -0.4 is 5.32 Å². The van der Waals surface area contributed by atoms with Gasteiger partial charge in [0.15, 0.2) is 8.32 Å². The molecule has 1 atom stereocenters. The molecule has 3 rings (SSSR count). The van der Waals surface area contributed by atoms with Gasteiger partial charge in [-0.25, -0.2) is 0 Å². The minimum Gasteiger partial charge on any atom is -0.403 e. The van der Waals surface area contributed by atoms with Crippen LogP contribution in [0.1, 0.15) is 46.2 Å². The largest absolute Gasteiger partial charge is 0.403 e. The summed E-state index contributed by atoms with van der Waals surface area (Å²) < 4.78 is 7.18. The lowest BCUT2D eigenvalue weighted by atomic mass is 9.77. The second kappa shape index (κ2) is 8.70. The minimum absolute atomic E-state index is 0. The van der Waals surface area contributed by atoms with Crippen molar-refractivity contribution in [3.8, 4) is 0 Å². The summed E-state index contributed by atoms with van der Waals surface area (Å²) >= 11 is 0. The fourth-order valence-electron chi connectivity index (χ4n) is 4.65. The Balaban J connectivity index is 0.00000280. The topological polar surface area (TPSA) is 21.3 Å². The molecule has 1 fully saturated rings. The van der Waals surface area contributed by atoms with Crippen molar-refractivity contribution in [2.75, 3.05) is 6.54 Å². The van der Waals surface area contributed by atoms with Gasteiger partial charge in [0.2, 0.25) is 0 Å². The summed E-state index contributed by atoms with van der Waals surface area (Å²) in [4.78, 5) is 0. The van der Waals surface area contributed by atoms with Crippen LogP contribution >= 0.6 is 12.4 Å². The maximum absolute atomic E-state index is 7.18. The van der Waals surface area contributed by atoms with Gasteiger partial charge in [0.25, 0.3) is 0 Å². The van der Waals surface area contributed by atoms with Crippen LogP contribution in [0.25, 0.3) is 0 Å². The van der Waals surface area contributed by atoms with Crippen LogP contribution in [0, 0.1) is 27.7 Å². The molecular formula is C24H36ClNOSi. The van der Waals surface area contributed by atoms with Crippen molar-refractivity contribution in [1.82, 2.24) is 5.32 Å². The van der Waals surface area contributed by atoms with Crippen LogP contribution in [-0.4, -0.2) is 20.9 Å². The summed E-state index contributed by atoms with van der Waals surface area (Å²) in [6, 6.07) is 14.2.